The Kier molecular flexibility index (Phi) is 3.66. The highest BCUT2D eigenvalue weighted by molar-refractivity contribution is 7.89. The second-order valence-electron chi connectivity index (χ2n) is 3.24. The summed E-state index contributed by atoms with van der Waals surface area (Å²) < 4.78 is 29.1. The van der Waals surface area contributed by atoms with Crippen LogP contribution in [0.4, 0.5) is 0 Å². The summed E-state index contributed by atoms with van der Waals surface area (Å²) in [5.41, 5.74) is 5.49. The molecule has 0 aromatic heterocycles. The van der Waals surface area contributed by atoms with Crippen LogP contribution in [0.3, 0.4) is 0 Å². The van der Waals surface area contributed by atoms with Crippen molar-refractivity contribution in [2.75, 3.05) is 32.6 Å². The predicted molar refractivity (Wildman–Crippen MR) is 49.8 cm³/mol. The SMILES string of the molecule is COCCCS(=O)(=O)N1CC(N)C1. The topological polar surface area (TPSA) is 72.6 Å². The molecular weight excluding hydrogens is 192 g/mol. The van der Waals surface area contributed by atoms with E-state index in [1.165, 1.54) is 4.31 Å². The van der Waals surface area contributed by atoms with E-state index < -0.39 is 10.0 Å². The average Bonchev–Trinajstić information content (AvgIpc) is 1.99. The van der Waals surface area contributed by atoms with Gasteiger partial charge in [0.1, 0.15) is 0 Å². The molecule has 0 atom stereocenters. The minimum atomic E-state index is -3.06. The van der Waals surface area contributed by atoms with Crippen molar-refractivity contribution < 1.29 is 13.2 Å². The zero-order chi connectivity index (χ0) is 9.90. The van der Waals surface area contributed by atoms with Gasteiger partial charge in [0.2, 0.25) is 10.0 Å². The number of ether oxygens (including phenoxy) is 1. The highest BCUT2D eigenvalue weighted by atomic mass is 32.2. The molecule has 0 aliphatic carbocycles. The van der Waals surface area contributed by atoms with Gasteiger partial charge in [-0.25, -0.2) is 8.42 Å². The third kappa shape index (κ3) is 2.91. The molecule has 0 spiro atoms. The highest BCUT2D eigenvalue weighted by Crippen LogP contribution is 2.12. The normalized spacial score (nSPS) is 20.2. The lowest BCUT2D eigenvalue weighted by Gasteiger charge is -2.35. The molecular formula is C7H16N2O3S. The Morgan fingerprint density at radius 2 is 2.15 bits per heavy atom. The molecule has 6 heteroatoms. The maximum atomic E-state index is 11.4. The Hall–Kier alpha value is -0.170. The van der Waals surface area contributed by atoms with Crippen LogP contribution in [-0.2, 0) is 14.8 Å². The van der Waals surface area contributed by atoms with Gasteiger partial charge >= 0.3 is 0 Å². The Labute approximate surface area is 78.9 Å². The molecule has 13 heavy (non-hydrogen) atoms. The Morgan fingerprint density at radius 3 is 2.62 bits per heavy atom. The summed E-state index contributed by atoms with van der Waals surface area (Å²) in [5, 5.41) is 0. The fraction of sp³-hybridized carbons (Fsp3) is 1.00. The molecule has 5 nitrogen and oxygen atoms in total. The van der Waals surface area contributed by atoms with Crippen molar-refractivity contribution in [3.63, 3.8) is 0 Å². The number of hydrogen-bond acceptors (Lipinski definition) is 4. The van der Waals surface area contributed by atoms with Crippen molar-refractivity contribution in [3.05, 3.63) is 0 Å². The van der Waals surface area contributed by atoms with E-state index >= 15 is 0 Å². The molecule has 1 heterocycles. The maximum Gasteiger partial charge on any atom is 0.214 e. The smallest absolute Gasteiger partial charge is 0.214 e. The lowest BCUT2D eigenvalue weighted by Crippen LogP contribution is -2.58. The van der Waals surface area contributed by atoms with E-state index in [0.29, 0.717) is 26.1 Å². The van der Waals surface area contributed by atoms with Crippen LogP contribution in [0.25, 0.3) is 0 Å². The quantitative estimate of drug-likeness (QED) is 0.588. The van der Waals surface area contributed by atoms with Crippen molar-refractivity contribution in [1.29, 1.82) is 0 Å². The molecule has 0 unspecified atom stereocenters. The summed E-state index contributed by atoms with van der Waals surface area (Å²) in [6, 6.07) is 0.0252. The van der Waals surface area contributed by atoms with Gasteiger partial charge in [0.05, 0.1) is 5.75 Å². The number of sulfonamides is 1. The zero-order valence-corrected chi connectivity index (χ0v) is 8.59. The van der Waals surface area contributed by atoms with Gasteiger partial charge in [0, 0.05) is 32.8 Å². The van der Waals surface area contributed by atoms with Crippen LogP contribution in [0.15, 0.2) is 0 Å². The molecule has 0 bridgehead atoms. The molecule has 0 aromatic rings. The van der Waals surface area contributed by atoms with Crippen molar-refractivity contribution in [2.24, 2.45) is 5.73 Å². The first-order chi connectivity index (χ1) is 6.06. The summed E-state index contributed by atoms with van der Waals surface area (Å²) >= 11 is 0. The van der Waals surface area contributed by atoms with Crippen LogP contribution in [0, 0.1) is 0 Å². The van der Waals surface area contributed by atoms with Crippen LogP contribution >= 0.6 is 0 Å². The first kappa shape index (κ1) is 10.9. The van der Waals surface area contributed by atoms with Gasteiger partial charge in [-0.2, -0.15) is 4.31 Å². The molecule has 78 valence electrons. The van der Waals surface area contributed by atoms with Gasteiger partial charge in [-0.15, -0.1) is 0 Å². The van der Waals surface area contributed by atoms with Crippen molar-refractivity contribution in [3.8, 4) is 0 Å². The molecule has 1 rings (SSSR count). The van der Waals surface area contributed by atoms with E-state index in [-0.39, 0.29) is 11.8 Å². The van der Waals surface area contributed by atoms with Gasteiger partial charge in [-0.05, 0) is 6.42 Å². The zero-order valence-electron chi connectivity index (χ0n) is 7.77. The second-order valence-corrected chi connectivity index (χ2v) is 5.33. The van der Waals surface area contributed by atoms with Gasteiger partial charge in [-0.3, -0.25) is 0 Å². The van der Waals surface area contributed by atoms with E-state index in [4.69, 9.17) is 10.5 Å². The van der Waals surface area contributed by atoms with Gasteiger partial charge in [-0.1, -0.05) is 0 Å². The fourth-order valence-corrected chi connectivity index (χ4v) is 2.79. The minimum Gasteiger partial charge on any atom is -0.385 e. The van der Waals surface area contributed by atoms with Crippen molar-refractivity contribution in [2.45, 2.75) is 12.5 Å². The molecule has 0 aromatic carbocycles. The monoisotopic (exact) mass is 208 g/mol. The van der Waals surface area contributed by atoms with Gasteiger partial charge < -0.3 is 10.5 Å². The van der Waals surface area contributed by atoms with Crippen LogP contribution in [0.1, 0.15) is 6.42 Å². The molecule has 1 aliphatic rings. The van der Waals surface area contributed by atoms with Gasteiger partial charge in [0.25, 0.3) is 0 Å². The Bertz CT molecular complexity index is 246. The van der Waals surface area contributed by atoms with Crippen molar-refractivity contribution >= 4 is 10.0 Å². The lowest BCUT2D eigenvalue weighted by atomic mass is 10.2. The molecule has 1 saturated heterocycles. The minimum absolute atomic E-state index is 0.0252. The molecule has 1 fully saturated rings. The number of methoxy groups -OCH3 is 1. The van der Waals surface area contributed by atoms with E-state index in [1.54, 1.807) is 7.11 Å². The van der Waals surface area contributed by atoms with Crippen LogP contribution in [0.5, 0.6) is 0 Å². The predicted octanol–water partition coefficient (Wildman–Crippen LogP) is -1.00. The number of hydrogen-bond donors (Lipinski definition) is 1. The summed E-state index contributed by atoms with van der Waals surface area (Å²) in [5.74, 6) is 0.160. The first-order valence-corrected chi connectivity index (χ1v) is 5.89. The Morgan fingerprint density at radius 1 is 1.54 bits per heavy atom. The molecule has 1 aliphatic heterocycles. The summed E-state index contributed by atoms with van der Waals surface area (Å²) in [4.78, 5) is 0. The maximum absolute atomic E-state index is 11.4. The molecule has 0 radical (unpaired) electrons. The number of rotatable bonds is 5. The Balaban J connectivity index is 2.30. The fourth-order valence-electron chi connectivity index (χ4n) is 1.21. The molecule has 0 saturated carbocycles. The van der Waals surface area contributed by atoms with E-state index in [2.05, 4.69) is 0 Å². The first-order valence-electron chi connectivity index (χ1n) is 4.28. The second kappa shape index (κ2) is 4.36. The number of nitrogens with two attached hydrogens (primary N) is 1. The van der Waals surface area contributed by atoms with Gasteiger partial charge in [0.15, 0.2) is 0 Å². The lowest BCUT2D eigenvalue weighted by molar-refractivity contribution is 0.198. The van der Waals surface area contributed by atoms with Crippen LogP contribution in [-0.4, -0.2) is 51.3 Å². The van der Waals surface area contributed by atoms with Crippen LogP contribution in [0.2, 0.25) is 0 Å². The van der Waals surface area contributed by atoms with E-state index in [0.717, 1.165) is 0 Å². The standard InChI is InChI=1S/C7H16N2O3S/c1-12-3-2-4-13(10,11)9-5-7(8)6-9/h7H,2-6,8H2,1H3. The average molecular weight is 208 g/mol. The van der Waals surface area contributed by atoms with Crippen molar-refractivity contribution in [1.82, 2.24) is 4.31 Å². The van der Waals surface area contributed by atoms with E-state index in [1.807, 2.05) is 0 Å². The highest BCUT2D eigenvalue weighted by Gasteiger charge is 2.32. The third-order valence-electron chi connectivity index (χ3n) is 2.02. The van der Waals surface area contributed by atoms with Crippen LogP contribution < -0.4 is 5.73 Å². The largest absolute Gasteiger partial charge is 0.385 e. The van der Waals surface area contributed by atoms with E-state index in [9.17, 15) is 8.42 Å². The summed E-state index contributed by atoms with van der Waals surface area (Å²) in [6.07, 6.45) is 0.546. The molecule has 2 N–H and O–H groups in total. The third-order valence-corrected chi connectivity index (χ3v) is 3.91. The number of nitrogens with zero attached hydrogens (tertiary/aromatic N) is 1. The summed E-state index contributed by atoms with van der Waals surface area (Å²) in [6.45, 7) is 1.42. The summed E-state index contributed by atoms with van der Waals surface area (Å²) in [7, 11) is -1.49. The molecule has 0 amide bonds.